The molecule has 264 valence electrons. The summed E-state index contributed by atoms with van der Waals surface area (Å²) in [5.41, 5.74) is 5.97. The Bertz CT molecular complexity index is 2350. The molecule has 0 aliphatic carbocycles. The van der Waals surface area contributed by atoms with E-state index in [1.807, 2.05) is 85.3 Å². The first kappa shape index (κ1) is 34.0. The molecular formula is C39H39N9O4. The van der Waals surface area contributed by atoms with Crippen LogP contribution < -0.4 is 19.5 Å². The predicted octanol–water partition coefficient (Wildman–Crippen LogP) is 5.80. The molecule has 7 rings (SSSR count). The summed E-state index contributed by atoms with van der Waals surface area (Å²) in [6, 6.07) is 27.5. The van der Waals surface area contributed by atoms with Crippen LogP contribution in [0.1, 0.15) is 38.6 Å². The van der Waals surface area contributed by atoms with Crippen LogP contribution in [0.3, 0.4) is 0 Å². The highest BCUT2D eigenvalue weighted by Crippen LogP contribution is 2.33. The van der Waals surface area contributed by atoms with Crippen LogP contribution in [0.15, 0.2) is 91.1 Å². The van der Waals surface area contributed by atoms with E-state index in [1.165, 1.54) is 5.56 Å². The van der Waals surface area contributed by atoms with Crippen LogP contribution in [0.4, 0.5) is 0 Å². The summed E-state index contributed by atoms with van der Waals surface area (Å²) in [5.74, 6) is 2.31. The number of pyridine rings is 1. The van der Waals surface area contributed by atoms with Crippen LogP contribution in [-0.2, 0) is 33.2 Å². The van der Waals surface area contributed by atoms with E-state index < -0.39 is 0 Å². The number of rotatable bonds is 13. The van der Waals surface area contributed by atoms with Crippen molar-refractivity contribution in [2.24, 2.45) is 7.05 Å². The minimum absolute atomic E-state index is 0.219. The van der Waals surface area contributed by atoms with Crippen molar-refractivity contribution in [3.8, 4) is 34.7 Å². The Morgan fingerprint density at radius 2 is 1.62 bits per heavy atom. The standard InChI is InChI=1S/C39H39N9O4/c1-25-20-31-32(23-40-25)48(44-34(31)38(49)41-22-29-16-17-30(50-4)21-33(29)51-5)39-42-37(45-46(39)3)35-36(52-24-28-14-10-7-11-15-28)26(2)43-47(35)19-18-27-12-8-6-9-13-27/h6-17,20-21,23H,18-19,22,24H2,1-5H3,(H,41,49). The van der Waals surface area contributed by atoms with Gasteiger partial charge in [-0.15, -0.1) is 5.10 Å². The van der Waals surface area contributed by atoms with Crippen molar-refractivity contribution < 1.29 is 19.0 Å². The first-order valence-corrected chi connectivity index (χ1v) is 16.9. The fourth-order valence-electron chi connectivity index (χ4n) is 6.08. The number of nitrogens with one attached hydrogen (secondary N) is 1. The summed E-state index contributed by atoms with van der Waals surface area (Å²) in [6.07, 6.45) is 2.44. The third kappa shape index (κ3) is 6.93. The Hall–Kier alpha value is -6.50. The fraction of sp³-hybridized carbons (Fsp3) is 0.231. The number of fused-ring (bicyclic) bond motifs is 1. The van der Waals surface area contributed by atoms with Crippen LogP contribution in [0, 0.1) is 13.8 Å². The van der Waals surface area contributed by atoms with Gasteiger partial charge in [-0.3, -0.25) is 14.5 Å². The van der Waals surface area contributed by atoms with E-state index in [0.717, 1.165) is 28.9 Å². The summed E-state index contributed by atoms with van der Waals surface area (Å²) < 4.78 is 22.4. The molecular weight excluding hydrogens is 658 g/mol. The quantitative estimate of drug-likeness (QED) is 0.159. The molecule has 13 nitrogen and oxygen atoms in total. The maximum atomic E-state index is 13.7. The lowest BCUT2D eigenvalue weighted by molar-refractivity contribution is 0.0946. The van der Waals surface area contributed by atoms with Crippen LogP contribution >= 0.6 is 0 Å². The summed E-state index contributed by atoms with van der Waals surface area (Å²) in [5, 5.41) is 18.1. The summed E-state index contributed by atoms with van der Waals surface area (Å²) >= 11 is 0. The van der Waals surface area contributed by atoms with Gasteiger partial charge in [0, 0.05) is 42.8 Å². The Morgan fingerprint density at radius 3 is 2.35 bits per heavy atom. The van der Waals surface area contributed by atoms with Gasteiger partial charge in [0.05, 0.1) is 25.9 Å². The zero-order valence-electron chi connectivity index (χ0n) is 29.7. The number of hydrogen-bond donors (Lipinski definition) is 1. The molecule has 0 aliphatic heterocycles. The lowest BCUT2D eigenvalue weighted by Gasteiger charge is -2.11. The molecule has 0 bridgehead atoms. The number of aromatic nitrogens is 8. The number of aryl methyl sites for hydroxylation is 5. The largest absolute Gasteiger partial charge is 0.497 e. The molecule has 1 amide bonds. The molecule has 3 aromatic carbocycles. The highest BCUT2D eigenvalue weighted by molar-refractivity contribution is 6.05. The minimum Gasteiger partial charge on any atom is -0.497 e. The number of methoxy groups -OCH3 is 2. The Morgan fingerprint density at radius 1 is 0.865 bits per heavy atom. The van der Waals surface area contributed by atoms with Crippen molar-refractivity contribution >= 4 is 16.8 Å². The molecule has 0 radical (unpaired) electrons. The van der Waals surface area contributed by atoms with Crippen molar-refractivity contribution in [1.82, 2.24) is 44.6 Å². The minimum atomic E-state index is -0.360. The van der Waals surface area contributed by atoms with Gasteiger partial charge in [0.25, 0.3) is 5.91 Å². The molecule has 0 saturated carbocycles. The van der Waals surface area contributed by atoms with Crippen molar-refractivity contribution in [3.63, 3.8) is 0 Å². The second-order valence-electron chi connectivity index (χ2n) is 12.3. The van der Waals surface area contributed by atoms with Crippen molar-refractivity contribution in [2.75, 3.05) is 14.2 Å². The number of nitrogens with zero attached hydrogens (tertiary/aromatic N) is 8. The zero-order chi connectivity index (χ0) is 36.2. The molecule has 0 unspecified atom stereocenters. The first-order valence-electron chi connectivity index (χ1n) is 16.9. The van der Waals surface area contributed by atoms with Gasteiger partial charge in [-0.25, -0.2) is 4.68 Å². The number of amides is 1. The molecule has 1 N–H and O–H groups in total. The van der Waals surface area contributed by atoms with Gasteiger partial charge >= 0.3 is 0 Å². The lowest BCUT2D eigenvalue weighted by atomic mass is 10.1. The van der Waals surface area contributed by atoms with Gasteiger partial charge in [0.1, 0.15) is 29.5 Å². The van der Waals surface area contributed by atoms with Gasteiger partial charge in [-0.2, -0.15) is 19.9 Å². The van der Waals surface area contributed by atoms with E-state index in [0.29, 0.717) is 58.8 Å². The predicted molar refractivity (Wildman–Crippen MR) is 196 cm³/mol. The molecule has 4 heterocycles. The number of carbonyl (C=O) groups excluding carboxylic acids is 1. The number of carbonyl (C=O) groups is 1. The normalized spacial score (nSPS) is 11.2. The smallest absolute Gasteiger partial charge is 0.272 e. The maximum Gasteiger partial charge on any atom is 0.272 e. The zero-order valence-corrected chi connectivity index (χ0v) is 29.7. The van der Waals surface area contributed by atoms with E-state index in [-0.39, 0.29) is 18.1 Å². The van der Waals surface area contributed by atoms with Crippen LogP contribution in [0.5, 0.6) is 17.2 Å². The number of ether oxygens (including phenoxy) is 3. The van der Waals surface area contributed by atoms with E-state index in [1.54, 1.807) is 42.9 Å². The fourth-order valence-corrected chi connectivity index (χ4v) is 6.08. The molecule has 0 fully saturated rings. The van der Waals surface area contributed by atoms with E-state index in [4.69, 9.17) is 34.5 Å². The van der Waals surface area contributed by atoms with Gasteiger partial charge in [-0.1, -0.05) is 60.7 Å². The first-order chi connectivity index (χ1) is 25.3. The molecule has 0 spiro atoms. The lowest BCUT2D eigenvalue weighted by Crippen LogP contribution is -2.24. The Labute approximate surface area is 300 Å². The third-order valence-corrected chi connectivity index (χ3v) is 8.75. The second kappa shape index (κ2) is 14.8. The highest BCUT2D eigenvalue weighted by atomic mass is 16.5. The average molecular weight is 698 g/mol. The van der Waals surface area contributed by atoms with Gasteiger partial charge in [-0.05, 0) is 49.6 Å². The molecule has 4 aromatic heterocycles. The summed E-state index contributed by atoms with van der Waals surface area (Å²) in [7, 11) is 4.96. The molecule has 13 heteroatoms. The second-order valence-corrected chi connectivity index (χ2v) is 12.3. The van der Waals surface area contributed by atoms with E-state index in [2.05, 4.69) is 22.4 Å². The van der Waals surface area contributed by atoms with E-state index in [9.17, 15) is 4.79 Å². The van der Waals surface area contributed by atoms with Crippen molar-refractivity contribution in [1.29, 1.82) is 0 Å². The molecule has 52 heavy (non-hydrogen) atoms. The highest BCUT2D eigenvalue weighted by Gasteiger charge is 2.26. The summed E-state index contributed by atoms with van der Waals surface area (Å²) in [6.45, 7) is 4.95. The Balaban J connectivity index is 1.24. The molecule has 0 atom stereocenters. The Kier molecular flexibility index (Phi) is 9.65. The summed E-state index contributed by atoms with van der Waals surface area (Å²) in [4.78, 5) is 23.3. The average Bonchev–Trinajstić information content (AvgIpc) is 3.84. The monoisotopic (exact) mass is 697 g/mol. The molecule has 0 aliphatic rings. The van der Waals surface area contributed by atoms with Gasteiger partial charge in [0.2, 0.25) is 11.8 Å². The number of hydrogen-bond acceptors (Lipinski definition) is 9. The van der Waals surface area contributed by atoms with Crippen molar-refractivity contribution in [2.45, 2.75) is 40.0 Å². The molecule has 0 saturated heterocycles. The maximum absolute atomic E-state index is 13.7. The van der Waals surface area contributed by atoms with E-state index >= 15 is 0 Å². The number of benzene rings is 3. The topological polar surface area (TPSA) is 136 Å². The SMILES string of the molecule is COc1ccc(CNC(=O)c2nn(-c3nc(-c4c(OCc5ccccc5)c(C)nn4CCc4ccccc4)nn3C)c3cnc(C)cc23)c(OC)c1. The third-order valence-electron chi connectivity index (χ3n) is 8.75. The van der Waals surface area contributed by atoms with Gasteiger partial charge < -0.3 is 19.5 Å². The van der Waals surface area contributed by atoms with Crippen LogP contribution in [-0.4, -0.2) is 59.4 Å². The molecule has 7 aromatic rings. The van der Waals surface area contributed by atoms with Gasteiger partial charge in [0.15, 0.2) is 11.4 Å². The van der Waals surface area contributed by atoms with Crippen LogP contribution in [0.2, 0.25) is 0 Å². The van der Waals surface area contributed by atoms with Crippen molar-refractivity contribution in [3.05, 3.63) is 125 Å². The van der Waals surface area contributed by atoms with Crippen LogP contribution in [0.25, 0.3) is 28.4 Å².